The van der Waals surface area contributed by atoms with Crippen LogP contribution in [0.1, 0.15) is 25.0 Å². The number of carboxylic acid groups (broad SMARTS) is 1. The predicted molar refractivity (Wildman–Crippen MR) is 66.1 cm³/mol. The molecule has 0 saturated heterocycles. The summed E-state index contributed by atoms with van der Waals surface area (Å²) in [6, 6.07) is 1.84. The molecule has 6 nitrogen and oxygen atoms in total. The molecule has 1 heterocycles. The summed E-state index contributed by atoms with van der Waals surface area (Å²) in [6.07, 6.45) is 5.96. The van der Waals surface area contributed by atoms with Gasteiger partial charge in [0.2, 0.25) is 0 Å². The van der Waals surface area contributed by atoms with Crippen LogP contribution in [0.5, 0.6) is 0 Å². The second kappa shape index (κ2) is 4.50. The summed E-state index contributed by atoms with van der Waals surface area (Å²) in [7, 11) is 0. The second-order valence-electron chi connectivity index (χ2n) is 5.23. The van der Waals surface area contributed by atoms with Crippen molar-refractivity contribution in [3.05, 3.63) is 18.1 Å². The molecule has 19 heavy (non-hydrogen) atoms. The number of nitrogens with zero attached hydrogens (tertiary/aromatic N) is 3. The molecule has 1 aromatic rings. The monoisotopic (exact) mass is 258 g/mol. The summed E-state index contributed by atoms with van der Waals surface area (Å²) in [5.74, 6) is -0.130. The Labute approximate surface area is 110 Å². The molecule has 4 atom stereocenters. The zero-order chi connectivity index (χ0) is 13.4. The first-order valence-corrected chi connectivity index (χ1v) is 6.41. The van der Waals surface area contributed by atoms with Crippen molar-refractivity contribution in [2.75, 3.05) is 5.32 Å². The van der Waals surface area contributed by atoms with E-state index >= 15 is 0 Å². The van der Waals surface area contributed by atoms with Crippen molar-refractivity contribution in [2.24, 2.45) is 17.8 Å². The molecule has 2 bridgehead atoms. The number of aromatic nitrogens is 2. The lowest BCUT2D eigenvalue weighted by molar-refractivity contribution is -0.143. The van der Waals surface area contributed by atoms with E-state index in [9.17, 15) is 9.90 Å². The number of nitriles is 1. The minimum atomic E-state index is -0.757. The Balaban J connectivity index is 1.86. The van der Waals surface area contributed by atoms with E-state index in [-0.39, 0.29) is 23.6 Å². The maximum absolute atomic E-state index is 11.4. The number of hydrogen-bond donors (Lipinski definition) is 2. The van der Waals surface area contributed by atoms with Gasteiger partial charge in [-0.15, -0.1) is 0 Å². The van der Waals surface area contributed by atoms with Crippen molar-refractivity contribution in [3.8, 4) is 6.07 Å². The predicted octanol–water partition coefficient (Wildman–Crippen LogP) is 1.26. The standard InChI is InChI=1S/C13H14N4O2/c14-6-9-12(16-4-3-15-9)17-11-8-2-1-7(5-8)10(11)13(18)19/h3-4,7-8,10-11H,1-2,5H2,(H,16,17)(H,18,19). The Morgan fingerprint density at radius 1 is 1.37 bits per heavy atom. The first kappa shape index (κ1) is 11.9. The van der Waals surface area contributed by atoms with Crippen LogP contribution in [0.3, 0.4) is 0 Å². The maximum Gasteiger partial charge on any atom is 0.308 e. The molecule has 2 N–H and O–H groups in total. The van der Waals surface area contributed by atoms with Crippen molar-refractivity contribution in [3.63, 3.8) is 0 Å². The number of fused-ring (bicyclic) bond motifs is 2. The molecule has 2 aliphatic carbocycles. The average molecular weight is 258 g/mol. The lowest BCUT2D eigenvalue weighted by atomic mass is 9.84. The fourth-order valence-corrected chi connectivity index (χ4v) is 3.54. The topological polar surface area (TPSA) is 98.9 Å². The van der Waals surface area contributed by atoms with Crippen molar-refractivity contribution >= 4 is 11.8 Å². The van der Waals surface area contributed by atoms with Gasteiger partial charge in [-0.3, -0.25) is 4.79 Å². The molecule has 2 fully saturated rings. The molecular formula is C13H14N4O2. The van der Waals surface area contributed by atoms with Gasteiger partial charge in [0, 0.05) is 18.4 Å². The summed E-state index contributed by atoms with van der Waals surface area (Å²) < 4.78 is 0. The number of aliphatic carboxylic acids is 1. The fraction of sp³-hybridized carbons (Fsp3) is 0.538. The lowest BCUT2D eigenvalue weighted by Gasteiger charge is -2.29. The summed E-state index contributed by atoms with van der Waals surface area (Å²) in [4.78, 5) is 19.4. The van der Waals surface area contributed by atoms with E-state index < -0.39 is 5.97 Å². The summed E-state index contributed by atoms with van der Waals surface area (Å²) in [6.45, 7) is 0. The molecule has 0 aromatic carbocycles. The number of anilines is 1. The third-order valence-electron chi connectivity index (χ3n) is 4.31. The Kier molecular flexibility index (Phi) is 2.82. The number of carboxylic acids is 1. The molecule has 0 radical (unpaired) electrons. The number of hydrogen-bond acceptors (Lipinski definition) is 5. The molecule has 0 amide bonds. The minimum Gasteiger partial charge on any atom is -0.481 e. The van der Waals surface area contributed by atoms with Crippen LogP contribution in [0.25, 0.3) is 0 Å². The summed E-state index contributed by atoms with van der Waals surface area (Å²) in [5, 5.41) is 21.5. The molecule has 0 aliphatic heterocycles. The van der Waals surface area contributed by atoms with E-state index in [1.807, 2.05) is 6.07 Å². The van der Waals surface area contributed by atoms with Crippen LogP contribution >= 0.6 is 0 Å². The molecule has 4 unspecified atom stereocenters. The van der Waals surface area contributed by atoms with Gasteiger partial charge in [-0.2, -0.15) is 5.26 Å². The first-order valence-electron chi connectivity index (χ1n) is 6.41. The quantitative estimate of drug-likeness (QED) is 0.846. The Morgan fingerprint density at radius 2 is 2.11 bits per heavy atom. The van der Waals surface area contributed by atoms with Crippen LogP contribution in [0.2, 0.25) is 0 Å². The minimum absolute atomic E-state index is 0.139. The molecular weight excluding hydrogens is 244 g/mol. The highest BCUT2D eigenvalue weighted by atomic mass is 16.4. The van der Waals surface area contributed by atoms with Gasteiger partial charge in [-0.1, -0.05) is 0 Å². The van der Waals surface area contributed by atoms with Crippen LogP contribution < -0.4 is 5.32 Å². The van der Waals surface area contributed by atoms with Gasteiger partial charge in [0.25, 0.3) is 0 Å². The molecule has 2 aliphatic rings. The molecule has 98 valence electrons. The van der Waals surface area contributed by atoms with E-state index in [2.05, 4.69) is 15.3 Å². The Morgan fingerprint density at radius 3 is 2.84 bits per heavy atom. The normalized spacial score (nSPS) is 31.9. The number of nitrogens with one attached hydrogen (secondary N) is 1. The van der Waals surface area contributed by atoms with Crippen LogP contribution in [-0.2, 0) is 4.79 Å². The van der Waals surface area contributed by atoms with Crippen LogP contribution in [0.15, 0.2) is 12.4 Å². The highest BCUT2D eigenvalue weighted by Gasteiger charge is 2.51. The number of carbonyl (C=O) groups is 1. The zero-order valence-corrected chi connectivity index (χ0v) is 10.3. The molecule has 2 saturated carbocycles. The molecule has 0 spiro atoms. The zero-order valence-electron chi connectivity index (χ0n) is 10.3. The van der Waals surface area contributed by atoms with Crippen molar-refractivity contribution in [1.29, 1.82) is 5.26 Å². The lowest BCUT2D eigenvalue weighted by Crippen LogP contribution is -2.39. The van der Waals surface area contributed by atoms with Crippen molar-refractivity contribution < 1.29 is 9.90 Å². The van der Waals surface area contributed by atoms with E-state index in [1.54, 1.807) is 0 Å². The smallest absolute Gasteiger partial charge is 0.308 e. The maximum atomic E-state index is 11.4. The van der Waals surface area contributed by atoms with Crippen LogP contribution in [-0.4, -0.2) is 27.1 Å². The molecule has 6 heteroatoms. The second-order valence-corrected chi connectivity index (χ2v) is 5.23. The molecule has 3 rings (SSSR count). The van der Waals surface area contributed by atoms with Gasteiger partial charge in [0.15, 0.2) is 11.5 Å². The van der Waals surface area contributed by atoms with Gasteiger partial charge < -0.3 is 10.4 Å². The van der Waals surface area contributed by atoms with Gasteiger partial charge in [-0.25, -0.2) is 9.97 Å². The SMILES string of the molecule is N#Cc1nccnc1NC1C2CCC(C2)C1C(=O)O. The Hall–Kier alpha value is -2.16. The summed E-state index contributed by atoms with van der Waals surface area (Å²) in [5.41, 5.74) is 0.217. The first-order chi connectivity index (χ1) is 9.20. The Bertz CT molecular complexity index is 554. The fourth-order valence-electron chi connectivity index (χ4n) is 3.54. The third kappa shape index (κ3) is 1.91. The van der Waals surface area contributed by atoms with Crippen LogP contribution in [0.4, 0.5) is 5.82 Å². The van der Waals surface area contributed by atoms with Gasteiger partial charge in [-0.05, 0) is 31.1 Å². The van der Waals surface area contributed by atoms with Crippen molar-refractivity contribution in [1.82, 2.24) is 9.97 Å². The summed E-state index contributed by atoms with van der Waals surface area (Å²) >= 11 is 0. The van der Waals surface area contributed by atoms with Gasteiger partial charge >= 0.3 is 5.97 Å². The molecule has 1 aromatic heterocycles. The third-order valence-corrected chi connectivity index (χ3v) is 4.31. The van der Waals surface area contributed by atoms with E-state index in [0.29, 0.717) is 11.7 Å². The van der Waals surface area contributed by atoms with Gasteiger partial charge in [0.05, 0.1) is 5.92 Å². The highest BCUT2D eigenvalue weighted by Crippen LogP contribution is 2.49. The van der Waals surface area contributed by atoms with Crippen LogP contribution in [0, 0.1) is 29.1 Å². The largest absolute Gasteiger partial charge is 0.481 e. The van der Waals surface area contributed by atoms with E-state index in [0.717, 1.165) is 19.3 Å². The average Bonchev–Trinajstić information content (AvgIpc) is 3.00. The van der Waals surface area contributed by atoms with E-state index in [4.69, 9.17) is 5.26 Å². The van der Waals surface area contributed by atoms with Crippen molar-refractivity contribution in [2.45, 2.75) is 25.3 Å². The van der Waals surface area contributed by atoms with Gasteiger partial charge in [0.1, 0.15) is 6.07 Å². The van der Waals surface area contributed by atoms with E-state index in [1.165, 1.54) is 12.4 Å². The highest BCUT2D eigenvalue weighted by molar-refractivity contribution is 5.73. The number of rotatable bonds is 3.